The summed E-state index contributed by atoms with van der Waals surface area (Å²) in [7, 11) is 0. The fourth-order valence-corrected chi connectivity index (χ4v) is 4.69. The van der Waals surface area contributed by atoms with Crippen LogP contribution in [0.4, 0.5) is 5.82 Å². The highest BCUT2D eigenvalue weighted by Gasteiger charge is 2.45. The highest BCUT2D eigenvalue weighted by atomic mass is 16.2. The molecular formula is C22H28N4O. The second-order valence-electron chi connectivity index (χ2n) is 7.97. The van der Waals surface area contributed by atoms with Gasteiger partial charge in [0, 0.05) is 32.4 Å². The van der Waals surface area contributed by atoms with Crippen LogP contribution >= 0.6 is 0 Å². The van der Waals surface area contributed by atoms with Gasteiger partial charge in [0.05, 0.1) is 5.92 Å². The number of amides is 1. The number of aryl methyl sites for hydroxylation is 1. The molecule has 1 aromatic carbocycles. The number of nitrogens with zero attached hydrogens (tertiary/aromatic N) is 4. The van der Waals surface area contributed by atoms with Crippen molar-refractivity contribution in [2.24, 2.45) is 5.41 Å². The third-order valence-corrected chi connectivity index (χ3v) is 6.27. The summed E-state index contributed by atoms with van der Waals surface area (Å²) in [5, 5.41) is 0. The smallest absolute Gasteiger partial charge is 0.230 e. The number of benzene rings is 1. The van der Waals surface area contributed by atoms with E-state index in [2.05, 4.69) is 38.8 Å². The quantitative estimate of drug-likeness (QED) is 0.837. The first-order valence-corrected chi connectivity index (χ1v) is 9.98. The van der Waals surface area contributed by atoms with Crippen molar-refractivity contribution in [1.82, 2.24) is 14.9 Å². The van der Waals surface area contributed by atoms with E-state index in [0.29, 0.717) is 5.91 Å². The Labute approximate surface area is 161 Å². The first-order valence-electron chi connectivity index (χ1n) is 9.98. The predicted molar refractivity (Wildman–Crippen MR) is 107 cm³/mol. The molecule has 0 radical (unpaired) electrons. The van der Waals surface area contributed by atoms with E-state index in [1.54, 1.807) is 0 Å². The Morgan fingerprint density at radius 1 is 1.15 bits per heavy atom. The zero-order valence-corrected chi connectivity index (χ0v) is 16.3. The number of rotatable bonds is 3. The molecule has 2 saturated heterocycles. The van der Waals surface area contributed by atoms with Crippen LogP contribution in [0.25, 0.3) is 0 Å². The molecule has 2 fully saturated rings. The van der Waals surface area contributed by atoms with E-state index in [1.807, 2.05) is 37.4 Å². The predicted octanol–water partition coefficient (Wildman–Crippen LogP) is 3.41. The van der Waals surface area contributed by atoms with Crippen LogP contribution in [0.3, 0.4) is 0 Å². The standard InChI is InChI=1S/C22H28N4O/c1-3-25-16-22(15-19(21(25)27)18-7-5-4-6-8-18)10-13-26(14-11-22)20-9-12-23-17(2)24-20/h4-9,12,19H,3,10-11,13-16H2,1-2H3. The van der Waals surface area contributed by atoms with Crippen LogP contribution in [0.5, 0.6) is 0 Å². The third-order valence-electron chi connectivity index (χ3n) is 6.27. The van der Waals surface area contributed by atoms with E-state index in [-0.39, 0.29) is 11.3 Å². The lowest BCUT2D eigenvalue weighted by molar-refractivity contribution is -0.140. The van der Waals surface area contributed by atoms with Crippen molar-refractivity contribution < 1.29 is 4.79 Å². The molecule has 2 aliphatic heterocycles. The Kier molecular flexibility index (Phi) is 4.85. The van der Waals surface area contributed by atoms with Gasteiger partial charge in [-0.1, -0.05) is 30.3 Å². The van der Waals surface area contributed by atoms with Gasteiger partial charge in [-0.2, -0.15) is 0 Å². The molecule has 0 aliphatic carbocycles. The molecule has 1 atom stereocenters. The molecule has 1 amide bonds. The van der Waals surface area contributed by atoms with E-state index in [1.165, 1.54) is 0 Å². The van der Waals surface area contributed by atoms with E-state index in [9.17, 15) is 4.79 Å². The Balaban J connectivity index is 1.53. The Bertz CT molecular complexity index is 799. The maximum Gasteiger partial charge on any atom is 0.230 e. The summed E-state index contributed by atoms with van der Waals surface area (Å²) in [4.78, 5) is 26.2. The molecule has 1 aromatic heterocycles. The third kappa shape index (κ3) is 3.55. The summed E-state index contributed by atoms with van der Waals surface area (Å²) in [6.07, 6.45) is 5.00. The lowest BCUT2D eigenvalue weighted by atomic mass is 9.67. The monoisotopic (exact) mass is 364 g/mol. The highest BCUT2D eigenvalue weighted by Crippen LogP contribution is 2.45. The summed E-state index contributed by atoms with van der Waals surface area (Å²) in [5.74, 6) is 2.13. The number of hydrogen-bond acceptors (Lipinski definition) is 4. The van der Waals surface area contributed by atoms with Crippen LogP contribution < -0.4 is 4.90 Å². The van der Waals surface area contributed by atoms with Crippen LogP contribution in [0.1, 0.15) is 43.5 Å². The van der Waals surface area contributed by atoms with Crippen LogP contribution in [0.15, 0.2) is 42.6 Å². The van der Waals surface area contributed by atoms with Crippen molar-refractivity contribution in [3.63, 3.8) is 0 Å². The molecule has 3 heterocycles. The second-order valence-corrected chi connectivity index (χ2v) is 7.97. The zero-order valence-electron chi connectivity index (χ0n) is 16.3. The van der Waals surface area contributed by atoms with Crippen molar-refractivity contribution in [1.29, 1.82) is 0 Å². The van der Waals surface area contributed by atoms with Gasteiger partial charge in [-0.3, -0.25) is 4.79 Å². The van der Waals surface area contributed by atoms with Crippen molar-refractivity contribution in [3.05, 3.63) is 54.0 Å². The minimum atomic E-state index is -0.00672. The zero-order chi connectivity index (χ0) is 18.9. The first-order chi connectivity index (χ1) is 13.1. The fourth-order valence-electron chi connectivity index (χ4n) is 4.69. The average molecular weight is 364 g/mol. The fraction of sp³-hybridized carbons (Fsp3) is 0.500. The number of hydrogen-bond donors (Lipinski definition) is 0. The first kappa shape index (κ1) is 18.0. The molecule has 4 rings (SSSR count). The molecule has 1 spiro atoms. The highest BCUT2D eigenvalue weighted by molar-refractivity contribution is 5.84. The number of likely N-dealkylation sites (N-methyl/N-ethyl adjacent to an activating group) is 1. The molecule has 2 aliphatic rings. The van der Waals surface area contributed by atoms with Crippen molar-refractivity contribution >= 4 is 11.7 Å². The molecule has 1 unspecified atom stereocenters. The Morgan fingerprint density at radius 3 is 2.56 bits per heavy atom. The molecular weight excluding hydrogens is 336 g/mol. The molecule has 0 bridgehead atoms. The Hall–Kier alpha value is -2.43. The van der Waals surface area contributed by atoms with Crippen LogP contribution in [0, 0.1) is 12.3 Å². The number of anilines is 1. The van der Waals surface area contributed by atoms with Gasteiger partial charge in [0.25, 0.3) is 0 Å². The van der Waals surface area contributed by atoms with Gasteiger partial charge in [-0.25, -0.2) is 9.97 Å². The second kappa shape index (κ2) is 7.29. The number of carbonyl (C=O) groups excluding carboxylic acids is 1. The van der Waals surface area contributed by atoms with Gasteiger partial charge in [0.1, 0.15) is 11.6 Å². The van der Waals surface area contributed by atoms with Gasteiger partial charge in [-0.05, 0) is 50.2 Å². The van der Waals surface area contributed by atoms with Crippen molar-refractivity contribution in [2.75, 3.05) is 31.1 Å². The maximum atomic E-state index is 13.0. The largest absolute Gasteiger partial charge is 0.356 e. The van der Waals surface area contributed by atoms with E-state index >= 15 is 0 Å². The molecule has 142 valence electrons. The van der Waals surface area contributed by atoms with Crippen molar-refractivity contribution in [2.45, 2.75) is 39.0 Å². The van der Waals surface area contributed by atoms with Gasteiger partial charge in [-0.15, -0.1) is 0 Å². The van der Waals surface area contributed by atoms with Crippen LogP contribution in [-0.2, 0) is 4.79 Å². The van der Waals surface area contributed by atoms with Gasteiger partial charge >= 0.3 is 0 Å². The van der Waals surface area contributed by atoms with Crippen LogP contribution in [-0.4, -0.2) is 47.0 Å². The summed E-state index contributed by atoms with van der Waals surface area (Å²) < 4.78 is 0. The number of aromatic nitrogens is 2. The number of likely N-dealkylation sites (tertiary alicyclic amines) is 1. The molecule has 5 heteroatoms. The summed E-state index contributed by atoms with van der Waals surface area (Å²) in [6.45, 7) is 7.69. The molecule has 5 nitrogen and oxygen atoms in total. The summed E-state index contributed by atoms with van der Waals surface area (Å²) in [6, 6.07) is 12.3. The van der Waals surface area contributed by atoms with Crippen molar-refractivity contribution in [3.8, 4) is 0 Å². The lowest BCUT2D eigenvalue weighted by Gasteiger charge is -2.50. The van der Waals surface area contributed by atoms with E-state index in [4.69, 9.17) is 0 Å². The summed E-state index contributed by atoms with van der Waals surface area (Å²) in [5.41, 5.74) is 1.37. The van der Waals surface area contributed by atoms with Gasteiger partial charge in [0.2, 0.25) is 5.91 Å². The van der Waals surface area contributed by atoms with Gasteiger partial charge < -0.3 is 9.80 Å². The van der Waals surface area contributed by atoms with E-state index < -0.39 is 0 Å². The average Bonchev–Trinajstić information content (AvgIpc) is 2.71. The van der Waals surface area contributed by atoms with E-state index in [0.717, 1.165) is 62.6 Å². The summed E-state index contributed by atoms with van der Waals surface area (Å²) >= 11 is 0. The Morgan fingerprint density at radius 2 is 1.89 bits per heavy atom. The topological polar surface area (TPSA) is 49.3 Å². The molecule has 0 saturated carbocycles. The number of carbonyl (C=O) groups is 1. The van der Waals surface area contributed by atoms with Gasteiger partial charge in [0.15, 0.2) is 0 Å². The molecule has 2 aromatic rings. The lowest BCUT2D eigenvalue weighted by Crippen LogP contribution is -2.54. The normalized spacial score (nSPS) is 22.3. The molecule has 0 N–H and O–H groups in total. The number of piperidine rings is 2. The minimum Gasteiger partial charge on any atom is -0.356 e. The SMILES string of the molecule is CCN1CC2(CCN(c3ccnc(C)n3)CC2)CC(c2ccccc2)C1=O. The maximum absolute atomic E-state index is 13.0. The van der Waals surface area contributed by atoms with Crippen LogP contribution in [0.2, 0.25) is 0 Å². The minimum absolute atomic E-state index is 0.00672. The molecule has 27 heavy (non-hydrogen) atoms.